The Balaban J connectivity index is 2.00. The van der Waals surface area contributed by atoms with Crippen LogP contribution in [-0.4, -0.2) is 52.8 Å². The third-order valence-corrected chi connectivity index (χ3v) is 3.64. The SMILES string of the molecule is CCOC(=O)C(=CNc1ccnn1CC(O)COc1ccccc1)C(=O)OCC. The molecular weight excluding hydrogens is 378 g/mol. The maximum atomic E-state index is 12.0. The first-order valence-electron chi connectivity index (χ1n) is 9.23. The van der Waals surface area contributed by atoms with Crippen LogP contribution in [0.1, 0.15) is 13.8 Å². The van der Waals surface area contributed by atoms with Crippen LogP contribution in [0.2, 0.25) is 0 Å². The average molecular weight is 403 g/mol. The van der Waals surface area contributed by atoms with Gasteiger partial charge in [0.15, 0.2) is 5.57 Å². The number of nitrogens with zero attached hydrogens (tertiary/aromatic N) is 2. The summed E-state index contributed by atoms with van der Waals surface area (Å²) in [6, 6.07) is 10.8. The van der Waals surface area contributed by atoms with Crippen molar-refractivity contribution in [1.29, 1.82) is 0 Å². The number of nitrogens with one attached hydrogen (secondary N) is 1. The summed E-state index contributed by atoms with van der Waals surface area (Å²) in [6.07, 6.45) is 1.90. The molecule has 0 fully saturated rings. The number of ether oxygens (including phenoxy) is 3. The van der Waals surface area contributed by atoms with Crippen LogP contribution in [0.4, 0.5) is 5.82 Å². The van der Waals surface area contributed by atoms with Crippen molar-refractivity contribution in [2.24, 2.45) is 0 Å². The number of aromatic nitrogens is 2. The molecular formula is C20H25N3O6. The summed E-state index contributed by atoms with van der Waals surface area (Å²) in [5.41, 5.74) is -0.269. The van der Waals surface area contributed by atoms with E-state index >= 15 is 0 Å². The quantitative estimate of drug-likeness (QED) is 0.253. The number of aliphatic hydroxyl groups excluding tert-OH is 1. The lowest BCUT2D eigenvalue weighted by Crippen LogP contribution is -2.25. The Morgan fingerprint density at radius 2 is 1.79 bits per heavy atom. The summed E-state index contributed by atoms with van der Waals surface area (Å²) < 4.78 is 16.8. The van der Waals surface area contributed by atoms with Crippen LogP contribution >= 0.6 is 0 Å². The fraction of sp³-hybridized carbons (Fsp3) is 0.350. The Morgan fingerprint density at radius 1 is 1.14 bits per heavy atom. The second-order valence-corrected chi connectivity index (χ2v) is 5.82. The minimum atomic E-state index is -0.825. The Kier molecular flexibility index (Phi) is 8.71. The highest BCUT2D eigenvalue weighted by atomic mass is 16.6. The maximum absolute atomic E-state index is 12.0. The van der Waals surface area contributed by atoms with Gasteiger partial charge in [0.05, 0.1) is 26.0 Å². The Morgan fingerprint density at radius 3 is 2.41 bits per heavy atom. The van der Waals surface area contributed by atoms with Crippen LogP contribution in [0.5, 0.6) is 5.75 Å². The number of hydrogen-bond acceptors (Lipinski definition) is 8. The lowest BCUT2D eigenvalue weighted by Gasteiger charge is -2.14. The summed E-state index contributed by atoms with van der Waals surface area (Å²) in [5, 5.41) is 17.2. The number of carbonyl (C=O) groups excluding carboxylic acids is 2. The predicted molar refractivity (Wildman–Crippen MR) is 105 cm³/mol. The van der Waals surface area contributed by atoms with Crippen molar-refractivity contribution < 1.29 is 28.9 Å². The van der Waals surface area contributed by atoms with Crippen molar-refractivity contribution in [3.63, 3.8) is 0 Å². The number of rotatable bonds is 11. The normalized spacial score (nSPS) is 11.3. The zero-order valence-electron chi connectivity index (χ0n) is 16.4. The Hall–Kier alpha value is -3.33. The first kappa shape index (κ1) is 22.0. The summed E-state index contributed by atoms with van der Waals surface area (Å²) in [7, 11) is 0. The number of hydrogen-bond donors (Lipinski definition) is 2. The standard InChI is InChI=1S/C20H25N3O6/c1-3-27-19(25)17(20(26)28-4-2)12-21-18-10-11-22-23(18)13-15(24)14-29-16-8-6-5-7-9-16/h5-12,15,21,24H,3-4,13-14H2,1-2H3. The van der Waals surface area contributed by atoms with Crippen molar-refractivity contribution in [3.8, 4) is 5.75 Å². The molecule has 1 unspecified atom stereocenters. The van der Waals surface area contributed by atoms with Crippen molar-refractivity contribution in [2.45, 2.75) is 26.5 Å². The Bertz CT molecular complexity index is 799. The van der Waals surface area contributed by atoms with Crippen molar-refractivity contribution in [2.75, 3.05) is 25.1 Å². The molecule has 1 aromatic heterocycles. The van der Waals surface area contributed by atoms with Gasteiger partial charge in [-0.05, 0) is 26.0 Å². The van der Waals surface area contributed by atoms with Gasteiger partial charge in [-0.25, -0.2) is 14.3 Å². The van der Waals surface area contributed by atoms with Crippen LogP contribution in [0.25, 0.3) is 0 Å². The highest BCUT2D eigenvalue weighted by molar-refractivity contribution is 6.14. The molecule has 0 bridgehead atoms. The molecule has 2 rings (SSSR count). The van der Waals surface area contributed by atoms with E-state index in [2.05, 4.69) is 10.4 Å². The molecule has 0 amide bonds. The molecule has 0 radical (unpaired) electrons. The molecule has 29 heavy (non-hydrogen) atoms. The van der Waals surface area contributed by atoms with Crippen molar-refractivity contribution in [3.05, 3.63) is 54.4 Å². The van der Waals surface area contributed by atoms with Crippen molar-refractivity contribution in [1.82, 2.24) is 9.78 Å². The first-order chi connectivity index (χ1) is 14.0. The van der Waals surface area contributed by atoms with Gasteiger partial charge in [0, 0.05) is 12.3 Å². The molecule has 1 aromatic carbocycles. The number of anilines is 1. The van der Waals surface area contributed by atoms with E-state index in [0.717, 1.165) is 0 Å². The average Bonchev–Trinajstić information content (AvgIpc) is 3.14. The van der Waals surface area contributed by atoms with Gasteiger partial charge in [-0.3, -0.25) is 0 Å². The van der Waals surface area contributed by atoms with Crippen LogP contribution in [0.15, 0.2) is 54.4 Å². The highest BCUT2D eigenvalue weighted by Crippen LogP contribution is 2.12. The third-order valence-electron chi connectivity index (χ3n) is 3.64. The van der Waals surface area contributed by atoms with Crippen LogP contribution in [-0.2, 0) is 25.6 Å². The molecule has 0 saturated heterocycles. The Labute approximate surface area is 168 Å². The van der Waals surface area contributed by atoms with E-state index in [0.29, 0.717) is 11.6 Å². The van der Waals surface area contributed by atoms with Gasteiger partial charge in [-0.15, -0.1) is 0 Å². The molecule has 1 heterocycles. The monoisotopic (exact) mass is 403 g/mol. The molecule has 1 atom stereocenters. The molecule has 0 spiro atoms. The summed E-state index contributed by atoms with van der Waals surface area (Å²) >= 11 is 0. The number of esters is 2. The van der Waals surface area contributed by atoms with Gasteiger partial charge in [0.25, 0.3) is 0 Å². The van der Waals surface area contributed by atoms with Gasteiger partial charge >= 0.3 is 11.9 Å². The summed E-state index contributed by atoms with van der Waals surface area (Å²) in [6.45, 7) is 3.76. The molecule has 0 aliphatic rings. The van der Waals surface area contributed by atoms with E-state index in [4.69, 9.17) is 14.2 Å². The summed E-state index contributed by atoms with van der Waals surface area (Å²) in [5.74, 6) is -0.460. The molecule has 0 saturated carbocycles. The van der Waals surface area contributed by atoms with E-state index in [1.807, 2.05) is 18.2 Å². The third kappa shape index (κ3) is 6.96. The number of aliphatic hydroxyl groups is 1. The molecule has 2 aromatic rings. The largest absolute Gasteiger partial charge is 0.491 e. The number of benzene rings is 1. The second kappa shape index (κ2) is 11.5. The molecule has 156 valence electrons. The van der Waals surface area contributed by atoms with Crippen LogP contribution in [0.3, 0.4) is 0 Å². The smallest absolute Gasteiger partial charge is 0.347 e. The first-order valence-corrected chi connectivity index (χ1v) is 9.23. The number of para-hydroxylation sites is 1. The molecule has 9 nitrogen and oxygen atoms in total. The fourth-order valence-corrected chi connectivity index (χ4v) is 2.33. The van der Waals surface area contributed by atoms with E-state index in [-0.39, 0.29) is 31.9 Å². The van der Waals surface area contributed by atoms with Crippen molar-refractivity contribution >= 4 is 17.8 Å². The van der Waals surface area contributed by atoms with Gasteiger partial charge in [-0.1, -0.05) is 18.2 Å². The van der Waals surface area contributed by atoms with E-state index in [1.54, 1.807) is 32.0 Å². The molecule has 0 aliphatic heterocycles. The minimum absolute atomic E-state index is 0.0794. The fourth-order valence-electron chi connectivity index (χ4n) is 2.33. The van der Waals surface area contributed by atoms with Gasteiger partial charge in [-0.2, -0.15) is 5.10 Å². The van der Waals surface area contributed by atoms with E-state index < -0.39 is 18.0 Å². The highest BCUT2D eigenvalue weighted by Gasteiger charge is 2.21. The lowest BCUT2D eigenvalue weighted by molar-refractivity contribution is -0.146. The maximum Gasteiger partial charge on any atom is 0.347 e. The molecule has 0 aliphatic carbocycles. The lowest BCUT2D eigenvalue weighted by atomic mass is 10.3. The zero-order chi connectivity index (χ0) is 21.1. The second-order valence-electron chi connectivity index (χ2n) is 5.82. The minimum Gasteiger partial charge on any atom is -0.491 e. The topological polar surface area (TPSA) is 112 Å². The van der Waals surface area contributed by atoms with Crippen LogP contribution in [0, 0.1) is 0 Å². The number of carbonyl (C=O) groups is 2. The zero-order valence-corrected chi connectivity index (χ0v) is 16.4. The predicted octanol–water partition coefficient (Wildman–Crippen LogP) is 1.74. The van der Waals surface area contributed by atoms with E-state index in [9.17, 15) is 14.7 Å². The van der Waals surface area contributed by atoms with E-state index in [1.165, 1.54) is 17.1 Å². The van der Waals surface area contributed by atoms with Gasteiger partial charge < -0.3 is 24.6 Å². The van der Waals surface area contributed by atoms with Gasteiger partial charge in [0.1, 0.15) is 24.3 Å². The molecule has 9 heteroatoms. The van der Waals surface area contributed by atoms with Gasteiger partial charge in [0.2, 0.25) is 0 Å². The molecule has 2 N–H and O–H groups in total. The summed E-state index contributed by atoms with van der Waals surface area (Å²) in [4.78, 5) is 24.0. The van der Waals surface area contributed by atoms with Crippen LogP contribution < -0.4 is 10.1 Å².